The molecule has 152 valence electrons. The van der Waals surface area contributed by atoms with Gasteiger partial charge in [-0.15, -0.1) is 0 Å². The third-order valence-corrected chi connectivity index (χ3v) is 4.32. The minimum Gasteiger partial charge on any atom is -0.402 e. The molecule has 1 atom stereocenters. The molecular weight excluding hydrogens is 371 g/mol. The molecule has 0 aliphatic heterocycles. The van der Waals surface area contributed by atoms with Crippen LogP contribution in [0.3, 0.4) is 0 Å². The predicted octanol–water partition coefficient (Wildman–Crippen LogP) is 1.49. The van der Waals surface area contributed by atoms with E-state index in [-0.39, 0.29) is 13.0 Å². The Bertz CT molecular complexity index is 857. The highest BCUT2D eigenvalue weighted by atomic mass is 16.6. The first-order valence-corrected chi connectivity index (χ1v) is 9.16. The molecule has 0 radical (unpaired) electrons. The first-order chi connectivity index (χ1) is 13.8. The molecule has 0 heterocycles. The largest absolute Gasteiger partial charge is 0.635 e. The third kappa shape index (κ3) is 6.87. The molecule has 0 bridgehead atoms. The second kappa shape index (κ2) is 10.6. The number of hydrogen-bond donors (Lipinski definition) is 3. The summed E-state index contributed by atoms with van der Waals surface area (Å²) >= 11 is 0. The molecule has 0 aliphatic rings. The number of hydrogen-bond acceptors (Lipinski definition) is 5. The van der Waals surface area contributed by atoms with Crippen LogP contribution in [0.4, 0.5) is 5.69 Å². The van der Waals surface area contributed by atoms with E-state index in [1.165, 1.54) is 4.90 Å². The Labute approximate surface area is 170 Å². The van der Waals surface area contributed by atoms with Gasteiger partial charge in [0.15, 0.2) is 0 Å². The Morgan fingerprint density at radius 1 is 1.21 bits per heavy atom. The Hall–Kier alpha value is -2.94. The monoisotopic (exact) mass is 396 g/mol. The molecule has 0 aliphatic carbocycles. The predicted molar refractivity (Wildman–Crippen MR) is 112 cm³/mol. The molecule has 0 spiro atoms. The molecule has 0 saturated heterocycles. The molecule has 3 N–H and O–H groups in total. The van der Waals surface area contributed by atoms with E-state index in [1.54, 1.807) is 30.3 Å². The number of para-hydroxylation sites is 1. The standard InChI is InChI=1S/C21H25BN2O5/c1-4-21(26)24(18-8-6-5-7-9-18)14-19(25)23-20(29-22(27)28)13-17-11-10-15(2)12-16(17)3/h4-12,20,27-28H,1,13-14H2,2-3H3,(H,23,25)/t20-/m1/s1. The Balaban J connectivity index is 2.13. The van der Waals surface area contributed by atoms with Crippen LogP contribution in [0.25, 0.3) is 0 Å². The van der Waals surface area contributed by atoms with Crippen LogP contribution >= 0.6 is 0 Å². The van der Waals surface area contributed by atoms with E-state index in [0.29, 0.717) is 5.69 Å². The zero-order chi connectivity index (χ0) is 21.4. The van der Waals surface area contributed by atoms with Crippen LogP contribution in [-0.4, -0.2) is 42.0 Å². The molecule has 0 aromatic heterocycles. The van der Waals surface area contributed by atoms with Crippen molar-refractivity contribution in [3.63, 3.8) is 0 Å². The lowest BCUT2D eigenvalue weighted by Crippen LogP contribution is -2.47. The highest BCUT2D eigenvalue weighted by Gasteiger charge is 2.23. The molecule has 8 heteroatoms. The van der Waals surface area contributed by atoms with Gasteiger partial charge in [-0.25, -0.2) is 0 Å². The van der Waals surface area contributed by atoms with Gasteiger partial charge in [0.2, 0.25) is 5.91 Å². The summed E-state index contributed by atoms with van der Waals surface area (Å²) in [5.74, 6) is -0.945. The second-order valence-electron chi connectivity index (χ2n) is 6.62. The molecule has 2 aromatic rings. The van der Waals surface area contributed by atoms with Gasteiger partial charge >= 0.3 is 7.32 Å². The summed E-state index contributed by atoms with van der Waals surface area (Å²) in [4.78, 5) is 26.1. The van der Waals surface area contributed by atoms with Crippen molar-refractivity contribution >= 4 is 24.8 Å². The number of anilines is 1. The normalized spacial score (nSPS) is 11.4. The summed E-state index contributed by atoms with van der Waals surface area (Å²) in [6, 6.07) is 14.5. The van der Waals surface area contributed by atoms with Gasteiger partial charge in [0, 0.05) is 12.1 Å². The van der Waals surface area contributed by atoms with Crippen molar-refractivity contribution in [2.75, 3.05) is 11.4 Å². The maximum absolute atomic E-state index is 12.6. The molecule has 0 saturated carbocycles. The van der Waals surface area contributed by atoms with Crippen LogP contribution < -0.4 is 10.2 Å². The smallest absolute Gasteiger partial charge is 0.402 e. The van der Waals surface area contributed by atoms with Crippen LogP contribution in [0.15, 0.2) is 61.2 Å². The molecule has 0 fully saturated rings. The van der Waals surface area contributed by atoms with Gasteiger partial charge in [0.25, 0.3) is 5.91 Å². The van der Waals surface area contributed by atoms with Gasteiger partial charge in [0.05, 0.1) is 0 Å². The molecule has 7 nitrogen and oxygen atoms in total. The van der Waals surface area contributed by atoms with Crippen molar-refractivity contribution in [3.8, 4) is 0 Å². The topological polar surface area (TPSA) is 99.1 Å². The summed E-state index contributed by atoms with van der Waals surface area (Å²) in [7, 11) is -2.05. The average Bonchev–Trinajstić information content (AvgIpc) is 2.68. The summed E-state index contributed by atoms with van der Waals surface area (Å²) in [5.41, 5.74) is 3.52. The van der Waals surface area contributed by atoms with E-state index in [1.807, 2.05) is 32.0 Å². The van der Waals surface area contributed by atoms with Crippen LogP contribution in [0, 0.1) is 13.8 Å². The van der Waals surface area contributed by atoms with Crippen molar-refractivity contribution in [2.24, 2.45) is 0 Å². The maximum atomic E-state index is 12.6. The van der Waals surface area contributed by atoms with E-state index < -0.39 is 25.4 Å². The van der Waals surface area contributed by atoms with E-state index in [2.05, 4.69) is 11.9 Å². The molecule has 29 heavy (non-hydrogen) atoms. The van der Waals surface area contributed by atoms with Crippen LogP contribution in [0.5, 0.6) is 0 Å². The summed E-state index contributed by atoms with van der Waals surface area (Å²) in [6.07, 6.45) is 0.373. The van der Waals surface area contributed by atoms with Crippen LogP contribution in [-0.2, 0) is 20.7 Å². The Morgan fingerprint density at radius 2 is 1.90 bits per heavy atom. The number of amides is 2. The summed E-state index contributed by atoms with van der Waals surface area (Å²) < 4.78 is 5.04. The van der Waals surface area contributed by atoms with E-state index in [9.17, 15) is 19.6 Å². The SMILES string of the molecule is C=CC(=O)N(CC(=O)N[C@@H](Cc1ccc(C)cc1C)OB(O)O)c1ccccc1. The summed E-state index contributed by atoms with van der Waals surface area (Å²) in [5, 5.41) is 21.0. The van der Waals surface area contributed by atoms with Crippen molar-refractivity contribution in [1.82, 2.24) is 5.32 Å². The molecule has 2 amide bonds. The number of benzene rings is 2. The van der Waals surface area contributed by atoms with Crippen LogP contribution in [0.2, 0.25) is 0 Å². The number of aryl methyl sites for hydroxylation is 2. The van der Waals surface area contributed by atoms with Gasteiger partial charge in [-0.05, 0) is 43.2 Å². The van der Waals surface area contributed by atoms with E-state index in [4.69, 9.17) is 4.65 Å². The first-order valence-electron chi connectivity index (χ1n) is 9.16. The second-order valence-corrected chi connectivity index (χ2v) is 6.62. The average molecular weight is 396 g/mol. The molecule has 2 aromatic carbocycles. The Morgan fingerprint density at radius 3 is 2.48 bits per heavy atom. The summed E-state index contributed by atoms with van der Waals surface area (Å²) in [6.45, 7) is 7.10. The molecular formula is C21H25BN2O5. The quantitative estimate of drug-likeness (QED) is 0.339. The number of nitrogens with one attached hydrogen (secondary N) is 1. The van der Waals surface area contributed by atoms with Crippen LogP contribution in [0.1, 0.15) is 16.7 Å². The maximum Gasteiger partial charge on any atom is 0.635 e. The number of carbonyl (C=O) groups excluding carboxylic acids is 2. The highest BCUT2D eigenvalue weighted by molar-refractivity contribution is 6.32. The lowest BCUT2D eigenvalue weighted by atomic mass is 10.0. The first kappa shape index (κ1) is 22.4. The lowest BCUT2D eigenvalue weighted by molar-refractivity contribution is -0.124. The molecule has 0 unspecified atom stereocenters. The van der Waals surface area contributed by atoms with Crippen molar-refractivity contribution in [1.29, 1.82) is 0 Å². The van der Waals surface area contributed by atoms with Gasteiger partial charge in [-0.2, -0.15) is 0 Å². The highest BCUT2D eigenvalue weighted by Crippen LogP contribution is 2.15. The zero-order valence-electron chi connectivity index (χ0n) is 16.5. The Kier molecular flexibility index (Phi) is 8.14. The zero-order valence-corrected chi connectivity index (χ0v) is 16.5. The fourth-order valence-electron chi connectivity index (χ4n) is 2.94. The van der Waals surface area contributed by atoms with Gasteiger partial charge < -0.3 is 20.0 Å². The minimum atomic E-state index is -2.05. The van der Waals surface area contributed by atoms with Crippen molar-refractivity contribution in [3.05, 3.63) is 77.9 Å². The van der Waals surface area contributed by atoms with E-state index >= 15 is 0 Å². The van der Waals surface area contributed by atoms with Crippen molar-refractivity contribution in [2.45, 2.75) is 26.5 Å². The van der Waals surface area contributed by atoms with Gasteiger partial charge in [-0.3, -0.25) is 14.5 Å². The number of nitrogens with zero attached hydrogens (tertiary/aromatic N) is 1. The number of rotatable bonds is 9. The van der Waals surface area contributed by atoms with E-state index in [0.717, 1.165) is 22.8 Å². The third-order valence-electron chi connectivity index (χ3n) is 4.32. The fourth-order valence-corrected chi connectivity index (χ4v) is 2.94. The van der Waals surface area contributed by atoms with Crippen molar-refractivity contribution < 1.29 is 24.3 Å². The fraction of sp³-hybridized carbons (Fsp3) is 0.238. The minimum absolute atomic E-state index is 0.232. The molecule has 2 rings (SSSR count). The lowest BCUT2D eigenvalue weighted by Gasteiger charge is -2.24. The number of carbonyl (C=O) groups is 2. The van der Waals surface area contributed by atoms with Gasteiger partial charge in [-0.1, -0.05) is 48.5 Å². The van der Waals surface area contributed by atoms with Gasteiger partial charge in [0.1, 0.15) is 12.8 Å².